The molecule has 0 aliphatic carbocycles. The third-order valence-corrected chi connectivity index (χ3v) is 2.85. The Labute approximate surface area is 99.0 Å². The molecule has 16 heavy (non-hydrogen) atoms. The van der Waals surface area contributed by atoms with E-state index in [1.807, 2.05) is 7.05 Å². The molecule has 0 amide bonds. The Balaban J connectivity index is 2.57. The predicted molar refractivity (Wildman–Crippen MR) is 68.4 cm³/mol. The van der Waals surface area contributed by atoms with Crippen molar-refractivity contribution in [3.63, 3.8) is 0 Å². The molecule has 0 aromatic heterocycles. The van der Waals surface area contributed by atoms with Gasteiger partial charge in [-0.15, -0.1) is 0 Å². The first kappa shape index (κ1) is 13.2. The summed E-state index contributed by atoms with van der Waals surface area (Å²) in [5.74, 6) is 0. The van der Waals surface area contributed by atoms with Crippen LogP contribution in [0.1, 0.15) is 38.3 Å². The second-order valence-corrected chi connectivity index (χ2v) is 4.75. The van der Waals surface area contributed by atoms with Gasteiger partial charge in [-0.25, -0.2) is 0 Å². The molecule has 0 atom stereocenters. The predicted octanol–water partition coefficient (Wildman–Crippen LogP) is 3.11. The van der Waals surface area contributed by atoms with Gasteiger partial charge in [0.05, 0.1) is 12.2 Å². The molecule has 2 heteroatoms. The first-order chi connectivity index (χ1) is 7.57. The van der Waals surface area contributed by atoms with Crippen molar-refractivity contribution in [3.05, 3.63) is 35.4 Å². The van der Waals surface area contributed by atoms with E-state index in [-0.39, 0.29) is 5.60 Å². The molecular weight excluding hydrogens is 198 g/mol. The Kier molecular flexibility index (Phi) is 4.97. The molecule has 0 heterocycles. The third-order valence-electron chi connectivity index (χ3n) is 2.85. The molecule has 0 fully saturated rings. The van der Waals surface area contributed by atoms with E-state index in [9.17, 15) is 0 Å². The zero-order chi connectivity index (χ0) is 12.0. The van der Waals surface area contributed by atoms with Crippen LogP contribution in [-0.4, -0.2) is 12.6 Å². The van der Waals surface area contributed by atoms with Crippen molar-refractivity contribution in [1.82, 2.24) is 5.32 Å². The van der Waals surface area contributed by atoms with Crippen LogP contribution in [0.25, 0.3) is 0 Å². The molecule has 1 N–H and O–H groups in total. The molecule has 0 aliphatic heterocycles. The van der Waals surface area contributed by atoms with Gasteiger partial charge in [-0.3, -0.25) is 0 Å². The maximum Gasteiger partial charge on any atom is 0.0724 e. The van der Waals surface area contributed by atoms with Crippen molar-refractivity contribution in [2.24, 2.45) is 0 Å². The number of hydrogen-bond donors (Lipinski definition) is 1. The SMILES string of the molecule is CCC(C)(C)OCc1cccc(CNC)c1. The largest absolute Gasteiger partial charge is 0.371 e. The summed E-state index contributed by atoms with van der Waals surface area (Å²) < 4.78 is 5.88. The van der Waals surface area contributed by atoms with Crippen molar-refractivity contribution < 1.29 is 4.74 Å². The lowest BCUT2D eigenvalue weighted by atomic mass is 10.1. The van der Waals surface area contributed by atoms with Crippen molar-refractivity contribution in [2.45, 2.75) is 45.9 Å². The van der Waals surface area contributed by atoms with Crippen LogP contribution in [0.5, 0.6) is 0 Å². The summed E-state index contributed by atoms with van der Waals surface area (Å²) in [6, 6.07) is 8.53. The number of ether oxygens (including phenoxy) is 1. The fourth-order valence-electron chi connectivity index (χ4n) is 1.41. The van der Waals surface area contributed by atoms with E-state index in [0.29, 0.717) is 6.61 Å². The van der Waals surface area contributed by atoms with Crippen LogP contribution in [0.15, 0.2) is 24.3 Å². The van der Waals surface area contributed by atoms with Crippen molar-refractivity contribution in [2.75, 3.05) is 7.05 Å². The van der Waals surface area contributed by atoms with Gasteiger partial charge in [-0.2, -0.15) is 0 Å². The second kappa shape index (κ2) is 6.02. The highest BCUT2D eigenvalue weighted by Gasteiger charge is 2.14. The van der Waals surface area contributed by atoms with Gasteiger partial charge in [0.25, 0.3) is 0 Å². The van der Waals surface area contributed by atoms with E-state index < -0.39 is 0 Å². The van der Waals surface area contributed by atoms with Crippen molar-refractivity contribution in [1.29, 1.82) is 0 Å². The molecule has 1 rings (SSSR count). The average molecular weight is 221 g/mol. The van der Waals surface area contributed by atoms with Gasteiger partial charge >= 0.3 is 0 Å². The topological polar surface area (TPSA) is 21.3 Å². The van der Waals surface area contributed by atoms with Crippen LogP contribution in [0, 0.1) is 0 Å². The summed E-state index contributed by atoms with van der Waals surface area (Å²) in [5.41, 5.74) is 2.52. The average Bonchev–Trinajstić information content (AvgIpc) is 2.28. The number of hydrogen-bond acceptors (Lipinski definition) is 2. The van der Waals surface area contributed by atoms with Gasteiger partial charge < -0.3 is 10.1 Å². The fraction of sp³-hybridized carbons (Fsp3) is 0.571. The molecule has 0 spiro atoms. The minimum absolute atomic E-state index is 0.0288. The van der Waals surface area contributed by atoms with Crippen molar-refractivity contribution >= 4 is 0 Å². The Hall–Kier alpha value is -0.860. The van der Waals surface area contributed by atoms with Crippen LogP contribution in [0.3, 0.4) is 0 Å². The molecule has 2 nitrogen and oxygen atoms in total. The number of benzene rings is 1. The van der Waals surface area contributed by atoms with Gasteiger partial charge in [-0.05, 0) is 38.4 Å². The fourth-order valence-corrected chi connectivity index (χ4v) is 1.41. The molecule has 0 unspecified atom stereocenters. The monoisotopic (exact) mass is 221 g/mol. The van der Waals surface area contributed by atoms with Gasteiger partial charge in [0.1, 0.15) is 0 Å². The maximum atomic E-state index is 5.88. The van der Waals surface area contributed by atoms with E-state index in [0.717, 1.165) is 13.0 Å². The molecule has 90 valence electrons. The third kappa shape index (κ3) is 4.33. The van der Waals surface area contributed by atoms with E-state index in [2.05, 4.69) is 50.4 Å². The van der Waals surface area contributed by atoms with Gasteiger partial charge in [0.15, 0.2) is 0 Å². The molecule has 0 bridgehead atoms. The van der Waals surface area contributed by atoms with Crippen LogP contribution in [0.4, 0.5) is 0 Å². The summed E-state index contributed by atoms with van der Waals surface area (Å²) >= 11 is 0. The van der Waals surface area contributed by atoms with E-state index in [1.54, 1.807) is 0 Å². The lowest BCUT2D eigenvalue weighted by molar-refractivity contribution is -0.0316. The standard InChI is InChI=1S/C14H23NO/c1-5-14(2,3)16-11-13-8-6-7-12(9-13)10-15-4/h6-9,15H,5,10-11H2,1-4H3. The molecular formula is C14H23NO. The lowest BCUT2D eigenvalue weighted by Gasteiger charge is -2.23. The Bertz CT molecular complexity index is 320. The van der Waals surface area contributed by atoms with Crippen LogP contribution in [-0.2, 0) is 17.9 Å². The summed E-state index contributed by atoms with van der Waals surface area (Å²) in [4.78, 5) is 0. The van der Waals surface area contributed by atoms with Crippen LogP contribution >= 0.6 is 0 Å². The second-order valence-electron chi connectivity index (χ2n) is 4.75. The first-order valence-corrected chi connectivity index (χ1v) is 5.94. The molecule has 0 saturated carbocycles. The Morgan fingerprint density at radius 1 is 1.25 bits per heavy atom. The first-order valence-electron chi connectivity index (χ1n) is 5.94. The van der Waals surface area contributed by atoms with Crippen LogP contribution in [0.2, 0.25) is 0 Å². The molecule has 0 saturated heterocycles. The Morgan fingerprint density at radius 2 is 1.94 bits per heavy atom. The maximum absolute atomic E-state index is 5.88. The van der Waals surface area contributed by atoms with E-state index in [4.69, 9.17) is 4.74 Å². The quantitative estimate of drug-likeness (QED) is 0.797. The summed E-state index contributed by atoms with van der Waals surface area (Å²) in [5, 5.41) is 3.15. The highest BCUT2D eigenvalue weighted by atomic mass is 16.5. The molecule has 0 aliphatic rings. The normalized spacial score (nSPS) is 11.8. The van der Waals surface area contributed by atoms with Crippen LogP contribution < -0.4 is 5.32 Å². The zero-order valence-corrected chi connectivity index (χ0v) is 10.8. The Morgan fingerprint density at radius 3 is 2.56 bits per heavy atom. The minimum Gasteiger partial charge on any atom is -0.371 e. The van der Waals surface area contributed by atoms with Gasteiger partial charge in [0.2, 0.25) is 0 Å². The van der Waals surface area contributed by atoms with Gasteiger partial charge in [-0.1, -0.05) is 31.2 Å². The molecule has 1 aromatic rings. The van der Waals surface area contributed by atoms with Crippen molar-refractivity contribution in [3.8, 4) is 0 Å². The highest BCUT2D eigenvalue weighted by Crippen LogP contribution is 2.16. The minimum atomic E-state index is -0.0288. The van der Waals surface area contributed by atoms with E-state index >= 15 is 0 Å². The van der Waals surface area contributed by atoms with E-state index in [1.165, 1.54) is 11.1 Å². The molecule has 1 aromatic carbocycles. The zero-order valence-electron chi connectivity index (χ0n) is 10.8. The summed E-state index contributed by atoms with van der Waals surface area (Å²) in [7, 11) is 1.96. The number of rotatable bonds is 6. The molecule has 0 radical (unpaired) electrons. The smallest absolute Gasteiger partial charge is 0.0724 e. The summed E-state index contributed by atoms with van der Waals surface area (Å²) in [6.07, 6.45) is 1.03. The summed E-state index contributed by atoms with van der Waals surface area (Å²) in [6.45, 7) is 8.01. The highest BCUT2D eigenvalue weighted by molar-refractivity contribution is 5.22. The lowest BCUT2D eigenvalue weighted by Crippen LogP contribution is -2.22. The number of nitrogens with one attached hydrogen (secondary N) is 1. The van der Waals surface area contributed by atoms with Gasteiger partial charge in [0, 0.05) is 6.54 Å².